The second-order valence-corrected chi connectivity index (χ2v) is 5.63. The third-order valence-electron chi connectivity index (χ3n) is 3.60. The molecule has 0 aromatic carbocycles. The Morgan fingerprint density at radius 1 is 1.38 bits per heavy atom. The zero-order chi connectivity index (χ0) is 10.2. The van der Waals surface area contributed by atoms with Gasteiger partial charge in [0.15, 0.2) is 0 Å². The topological polar surface area (TPSA) is 0 Å². The molecule has 76 valence electrons. The summed E-state index contributed by atoms with van der Waals surface area (Å²) in [6.07, 6.45) is 2.75. The van der Waals surface area contributed by atoms with Gasteiger partial charge in [0.2, 0.25) is 0 Å². The molecule has 0 nitrogen and oxygen atoms in total. The lowest BCUT2D eigenvalue weighted by atomic mass is 9.86. The first kappa shape index (κ1) is 10.8. The highest BCUT2D eigenvalue weighted by Crippen LogP contribution is 2.60. The van der Waals surface area contributed by atoms with Crippen molar-refractivity contribution < 1.29 is 0 Å². The Bertz CT molecular complexity index is 200. The van der Waals surface area contributed by atoms with Crippen LogP contribution in [-0.2, 0) is 0 Å². The van der Waals surface area contributed by atoms with E-state index >= 15 is 0 Å². The summed E-state index contributed by atoms with van der Waals surface area (Å²) in [7, 11) is 0. The van der Waals surface area contributed by atoms with Crippen molar-refractivity contribution in [1.82, 2.24) is 0 Å². The molecule has 1 rings (SSSR count). The summed E-state index contributed by atoms with van der Waals surface area (Å²) in [6, 6.07) is 0. The Hall–Kier alpha value is -0.260. The van der Waals surface area contributed by atoms with Crippen molar-refractivity contribution in [3.8, 4) is 0 Å². The van der Waals surface area contributed by atoms with Crippen LogP contribution in [0.5, 0.6) is 0 Å². The molecule has 1 saturated carbocycles. The van der Waals surface area contributed by atoms with Crippen LogP contribution in [0.2, 0.25) is 0 Å². The van der Waals surface area contributed by atoms with Gasteiger partial charge in [-0.1, -0.05) is 46.8 Å². The molecule has 0 spiro atoms. The first-order valence-electron chi connectivity index (χ1n) is 5.57. The predicted octanol–water partition coefficient (Wildman–Crippen LogP) is 4.27. The van der Waals surface area contributed by atoms with Gasteiger partial charge in [-0.2, -0.15) is 0 Å². The minimum Gasteiger partial charge on any atom is -0.0990 e. The van der Waals surface area contributed by atoms with Crippen LogP contribution < -0.4 is 0 Å². The van der Waals surface area contributed by atoms with Crippen molar-refractivity contribution in [3.05, 3.63) is 12.2 Å². The van der Waals surface area contributed by atoms with Crippen LogP contribution in [0.1, 0.15) is 47.5 Å². The number of allylic oxidation sites excluding steroid dienone is 1. The highest BCUT2D eigenvalue weighted by Gasteiger charge is 2.51. The van der Waals surface area contributed by atoms with Crippen LogP contribution in [0.15, 0.2) is 12.2 Å². The maximum atomic E-state index is 4.25. The van der Waals surface area contributed by atoms with Gasteiger partial charge < -0.3 is 0 Å². The monoisotopic (exact) mass is 180 g/mol. The van der Waals surface area contributed by atoms with Gasteiger partial charge >= 0.3 is 0 Å². The molecular formula is C13H24. The molecule has 1 aliphatic rings. The minimum absolute atomic E-state index is 0.485. The molecule has 0 bridgehead atoms. The minimum atomic E-state index is 0.485. The first-order chi connectivity index (χ1) is 5.88. The van der Waals surface area contributed by atoms with Crippen molar-refractivity contribution >= 4 is 0 Å². The molecule has 0 amide bonds. The van der Waals surface area contributed by atoms with Crippen molar-refractivity contribution in [1.29, 1.82) is 0 Å². The van der Waals surface area contributed by atoms with Crippen LogP contribution in [0.3, 0.4) is 0 Å². The summed E-state index contributed by atoms with van der Waals surface area (Å²) >= 11 is 0. The maximum absolute atomic E-state index is 4.25. The Labute approximate surface area is 83.4 Å². The Balaban J connectivity index is 2.49. The fourth-order valence-electron chi connectivity index (χ4n) is 2.42. The summed E-state index contributed by atoms with van der Waals surface area (Å²) in [5, 5.41) is 0. The molecular weight excluding hydrogens is 156 g/mol. The largest absolute Gasteiger partial charge is 0.0990 e. The lowest BCUT2D eigenvalue weighted by molar-refractivity contribution is 0.453. The van der Waals surface area contributed by atoms with Crippen LogP contribution >= 0.6 is 0 Å². The SMILES string of the molecule is C=C(C(C)C)C1(C)CC1CC(C)C. The van der Waals surface area contributed by atoms with Gasteiger partial charge in [-0.3, -0.25) is 0 Å². The summed E-state index contributed by atoms with van der Waals surface area (Å²) in [5.74, 6) is 2.41. The van der Waals surface area contributed by atoms with E-state index in [0.29, 0.717) is 11.3 Å². The average molecular weight is 180 g/mol. The number of hydrogen-bond donors (Lipinski definition) is 0. The van der Waals surface area contributed by atoms with Crippen molar-refractivity contribution in [3.63, 3.8) is 0 Å². The van der Waals surface area contributed by atoms with Gasteiger partial charge in [-0.05, 0) is 36.0 Å². The second-order valence-electron chi connectivity index (χ2n) is 5.63. The van der Waals surface area contributed by atoms with Crippen molar-refractivity contribution in [2.45, 2.75) is 47.5 Å². The molecule has 0 aliphatic heterocycles. The van der Waals surface area contributed by atoms with E-state index < -0.39 is 0 Å². The summed E-state index contributed by atoms with van der Waals surface area (Å²) in [4.78, 5) is 0. The summed E-state index contributed by atoms with van der Waals surface area (Å²) in [5.41, 5.74) is 1.96. The second kappa shape index (κ2) is 3.48. The van der Waals surface area contributed by atoms with Crippen molar-refractivity contribution in [2.75, 3.05) is 0 Å². The van der Waals surface area contributed by atoms with Crippen LogP contribution in [0, 0.1) is 23.2 Å². The molecule has 1 aliphatic carbocycles. The lowest BCUT2D eigenvalue weighted by Gasteiger charge is -2.19. The molecule has 0 N–H and O–H groups in total. The highest BCUT2D eigenvalue weighted by atomic mass is 14.6. The van der Waals surface area contributed by atoms with Crippen LogP contribution in [0.25, 0.3) is 0 Å². The molecule has 0 radical (unpaired) electrons. The van der Waals surface area contributed by atoms with E-state index in [2.05, 4.69) is 41.2 Å². The molecule has 2 atom stereocenters. The van der Waals surface area contributed by atoms with Gasteiger partial charge in [-0.15, -0.1) is 0 Å². The van der Waals surface area contributed by atoms with Crippen LogP contribution in [-0.4, -0.2) is 0 Å². The van der Waals surface area contributed by atoms with Gasteiger partial charge in [-0.25, -0.2) is 0 Å². The zero-order valence-corrected chi connectivity index (χ0v) is 9.85. The fourth-order valence-corrected chi connectivity index (χ4v) is 2.42. The summed E-state index contributed by atoms with van der Waals surface area (Å²) in [6.45, 7) is 15.8. The molecule has 0 aromatic rings. The molecule has 2 unspecified atom stereocenters. The predicted molar refractivity (Wildman–Crippen MR) is 59.6 cm³/mol. The molecule has 0 heteroatoms. The normalized spacial score (nSPS) is 32.7. The third-order valence-corrected chi connectivity index (χ3v) is 3.60. The highest BCUT2D eigenvalue weighted by molar-refractivity contribution is 5.22. The Kier molecular flexibility index (Phi) is 2.89. The Morgan fingerprint density at radius 2 is 1.92 bits per heavy atom. The third kappa shape index (κ3) is 2.15. The quantitative estimate of drug-likeness (QED) is 0.567. The van der Waals surface area contributed by atoms with Crippen molar-refractivity contribution in [2.24, 2.45) is 23.2 Å². The molecule has 13 heavy (non-hydrogen) atoms. The van der Waals surface area contributed by atoms with E-state index in [9.17, 15) is 0 Å². The maximum Gasteiger partial charge on any atom is -0.00849 e. The van der Waals surface area contributed by atoms with E-state index in [4.69, 9.17) is 0 Å². The van der Waals surface area contributed by atoms with Gasteiger partial charge in [0.25, 0.3) is 0 Å². The Morgan fingerprint density at radius 3 is 2.31 bits per heavy atom. The van der Waals surface area contributed by atoms with Crippen LogP contribution in [0.4, 0.5) is 0 Å². The lowest BCUT2D eigenvalue weighted by Crippen LogP contribution is -2.08. The van der Waals surface area contributed by atoms with E-state index in [-0.39, 0.29) is 0 Å². The summed E-state index contributed by atoms with van der Waals surface area (Å²) < 4.78 is 0. The first-order valence-corrected chi connectivity index (χ1v) is 5.57. The number of rotatable bonds is 4. The molecule has 0 heterocycles. The molecule has 0 saturated heterocycles. The van der Waals surface area contributed by atoms with Gasteiger partial charge in [0, 0.05) is 0 Å². The number of hydrogen-bond acceptors (Lipinski definition) is 0. The standard InChI is InChI=1S/C13H24/c1-9(2)7-12-8-13(12,6)11(5)10(3)4/h9-10,12H,5,7-8H2,1-4,6H3. The van der Waals surface area contributed by atoms with Gasteiger partial charge in [0.1, 0.15) is 0 Å². The van der Waals surface area contributed by atoms with Gasteiger partial charge in [0.05, 0.1) is 0 Å². The smallest absolute Gasteiger partial charge is 0.00849 e. The molecule has 0 aromatic heterocycles. The average Bonchev–Trinajstić information content (AvgIpc) is 2.60. The zero-order valence-electron chi connectivity index (χ0n) is 9.85. The molecule has 1 fully saturated rings. The van der Waals surface area contributed by atoms with E-state index in [1.54, 1.807) is 0 Å². The van der Waals surface area contributed by atoms with E-state index in [1.165, 1.54) is 18.4 Å². The fraction of sp³-hybridized carbons (Fsp3) is 0.846. The van der Waals surface area contributed by atoms with E-state index in [1.807, 2.05) is 0 Å². The van der Waals surface area contributed by atoms with E-state index in [0.717, 1.165) is 11.8 Å².